The van der Waals surface area contributed by atoms with Crippen LogP contribution in [0.3, 0.4) is 0 Å². The van der Waals surface area contributed by atoms with Gasteiger partial charge < -0.3 is 24.1 Å². The number of nitrogens with zero attached hydrogens (tertiary/aromatic N) is 1. The van der Waals surface area contributed by atoms with Gasteiger partial charge in [0.1, 0.15) is 16.9 Å². The lowest BCUT2D eigenvalue weighted by Gasteiger charge is -2.25. The Balaban J connectivity index is 1.61. The van der Waals surface area contributed by atoms with Crippen molar-refractivity contribution in [1.29, 1.82) is 0 Å². The zero-order valence-electron chi connectivity index (χ0n) is 14.9. The zero-order chi connectivity index (χ0) is 18.3. The Morgan fingerprint density at radius 3 is 2.92 bits per heavy atom. The van der Waals surface area contributed by atoms with Crippen molar-refractivity contribution in [2.45, 2.75) is 32.1 Å². The highest BCUT2D eigenvalue weighted by molar-refractivity contribution is 5.97. The van der Waals surface area contributed by atoms with E-state index in [4.69, 9.17) is 13.9 Å². The van der Waals surface area contributed by atoms with Crippen LogP contribution in [0.25, 0.3) is 11.0 Å². The largest absolute Gasteiger partial charge is 0.491 e. The average molecular weight is 358 g/mol. The average Bonchev–Trinajstić information content (AvgIpc) is 3.04. The summed E-state index contributed by atoms with van der Waals surface area (Å²) in [5.41, 5.74) is -0.175. The van der Waals surface area contributed by atoms with Gasteiger partial charge in [0.25, 0.3) is 5.91 Å². The summed E-state index contributed by atoms with van der Waals surface area (Å²) in [5.74, 6) is 0.310. The molecule has 1 amide bonds. The molecule has 2 aliphatic rings. The number of amides is 1. The number of benzene rings is 1. The maximum Gasteiger partial charge on any atom is 0.349 e. The molecule has 138 valence electrons. The number of hydrogen-bond donors (Lipinski definition) is 1. The molecule has 7 heteroatoms. The first-order valence-corrected chi connectivity index (χ1v) is 8.90. The molecular weight excluding hydrogens is 336 g/mol. The topological polar surface area (TPSA) is 81.0 Å². The van der Waals surface area contributed by atoms with Crippen LogP contribution in [-0.2, 0) is 4.74 Å². The van der Waals surface area contributed by atoms with E-state index in [1.807, 2.05) is 13.8 Å². The Labute approximate surface area is 150 Å². The highest BCUT2D eigenvalue weighted by Crippen LogP contribution is 2.23. The molecule has 2 aliphatic heterocycles. The van der Waals surface area contributed by atoms with Crippen molar-refractivity contribution in [3.05, 3.63) is 40.2 Å². The predicted octanol–water partition coefficient (Wildman–Crippen LogP) is 1.39. The summed E-state index contributed by atoms with van der Waals surface area (Å²) in [5, 5.41) is 4.04. The lowest BCUT2D eigenvalue weighted by molar-refractivity contribution is 0.0176. The summed E-state index contributed by atoms with van der Waals surface area (Å²) in [6.07, 6.45) is 0.00508. The molecule has 2 atom stereocenters. The molecule has 2 aromatic rings. The SMILES string of the molecule is CC(C)Oc1ccc2cc(C(=O)N3C[C@@H]4NCCO[C@@H]4C3)c(=O)oc2c1. The number of rotatable bonds is 3. The van der Waals surface area contributed by atoms with Crippen molar-refractivity contribution in [2.24, 2.45) is 0 Å². The van der Waals surface area contributed by atoms with Crippen molar-refractivity contribution in [1.82, 2.24) is 10.2 Å². The molecule has 26 heavy (non-hydrogen) atoms. The molecule has 0 bridgehead atoms. The predicted molar refractivity (Wildman–Crippen MR) is 95.7 cm³/mol. The molecule has 4 rings (SSSR count). The number of morpholine rings is 1. The Morgan fingerprint density at radius 2 is 2.15 bits per heavy atom. The van der Waals surface area contributed by atoms with E-state index >= 15 is 0 Å². The van der Waals surface area contributed by atoms with E-state index in [9.17, 15) is 9.59 Å². The molecule has 3 heterocycles. The third kappa shape index (κ3) is 3.20. The van der Waals surface area contributed by atoms with E-state index in [1.165, 1.54) is 0 Å². The zero-order valence-corrected chi connectivity index (χ0v) is 14.9. The van der Waals surface area contributed by atoms with E-state index in [1.54, 1.807) is 29.2 Å². The number of carbonyl (C=O) groups is 1. The van der Waals surface area contributed by atoms with Crippen molar-refractivity contribution in [2.75, 3.05) is 26.2 Å². The molecule has 1 aromatic heterocycles. The van der Waals surface area contributed by atoms with Crippen molar-refractivity contribution in [3.63, 3.8) is 0 Å². The van der Waals surface area contributed by atoms with Gasteiger partial charge in [0.15, 0.2) is 0 Å². The maximum atomic E-state index is 12.8. The van der Waals surface area contributed by atoms with E-state index in [-0.39, 0.29) is 29.7 Å². The molecular formula is C19H22N2O5. The second-order valence-electron chi connectivity index (χ2n) is 6.99. The molecule has 0 radical (unpaired) electrons. The van der Waals surface area contributed by atoms with Crippen LogP contribution >= 0.6 is 0 Å². The Kier molecular flexibility index (Phi) is 4.42. The van der Waals surface area contributed by atoms with Crippen molar-refractivity contribution < 1.29 is 18.7 Å². The fourth-order valence-corrected chi connectivity index (χ4v) is 3.52. The Hall–Kier alpha value is -2.38. The number of likely N-dealkylation sites (tertiary alicyclic amines) is 1. The molecule has 2 saturated heterocycles. The summed E-state index contributed by atoms with van der Waals surface area (Å²) < 4.78 is 16.7. The molecule has 0 saturated carbocycles. The molecule has 0 aliphatic carbocycles. The van der Waals surface area contributed by atoms with Crippen LogP contribution in [0.2, 0.25) is 0 Å². The monoisotopic (exact) mass is 358 g/mol. The van der Waals surface area contributed by atoms with Crippen LogP contribution < -0.4 is 15.7 Å². The quantitative estimate of drug-likeness (QED) is 0.835. The standard InChI is InChI=1S/C19H22N2O5/c1-11(2)25-13-4-3-12-7-14(19(23)26-16(12)8-13)18(22)21-9-15-17(10-21)24-6-5-20-15/h3-4,7-8,11,15,17,20H,5-6,9-10H2,1-2H3/t15-,17+/m0/s1. The number of fused-ring (bicyclic) bond motifs is 2. The molecule has 0 spiro atoms. The molecule has 2 fully saturated rings. The van der Waals surface area contributed by atoms with Gasteiger partial charge in [-0.05, 0) is 32.0 Å². The highest BCUT2D eigenvalue weighted by Gasteiger charge is 2.38. The van der Waals surface area contributed by atoms with Gasteiger partial charge in [0.05, 0.1) is 24.9 Å². The van der Waals surface area contributed by atoms with Crippen LogP contribution in [0.5, 0.6) is 5.75 Å². The van der Waals surface area contributed by atoms with Gasteiger partial charge in [-0.1, -0.05) is 0 Å². The fraction of sp³-hybridized carbons (Fsp3) is 0.474. The van der Waals surface area contributed by atoms with Crippen LogP contribution in [0.15, 0.2) is 33.5 Å². The second-order valence-corrected chi connectivity index (χ2v) is 6.99. The van der Waals surface area contributed by atoms with Crippen LogP contribution in [0.4, 0.5) is 0 Å². The van der Waals surface area contributed by atoms with E-state index < -0.39 is 5.63 Å². The third-order valence-corrected chi connectivity index (χ3v) is 4.70. The van der Waals surface area contributed by atoms with Gasteiger partial charge in [-0.15, -0.1) is 0 Å². The normalized spacial score (nSPS) is 22.7. The van der Waals surface area contributed by atoms with Gasteiger partial charge in [-0.2, -0.15) is 0 Å². The van der Waals surface area contributed by atoms with Crippen LogP contribution in [-0.4, -0.2) is 55.3 Å². The van der Waals surface area contributed by atoms with Crippen LogP contribution in [0, 0.1) is 0 Å². The summed E-state index contributed by atoms with van der Waals surface area (Å²) in [7, 11) is 0. The summed E-state index contributed by atoms with van der Waals surface area (Å²) >= 11 is 0. The third-order valence-electron chi connectivity index (χ3n) is 4.70. The van der Waals surface area contributed by atoms with Gasteiger partial charge in [-0.3, -0.25) is 4.79 Å². The van der Waals surface area contributed by atoms with E-state index in [0.29, 0.717) is 36.4 Å². The van der Waals surface area contributed by atoms with Crippen molar-refractivity contribution >= 4 is 16.9 Å². The van der Waals surface area contributed by atoms with Gasteiger partial charge in [-0.25, -0.2) is 4.79 Å². The Morgan fingerprint density at radius 1 is 1.31 bits per heavy atom. The summed E-state index contributed by atoms with van der Waals surface area (Å²) in [6.45, 7) is 6.28. The molecule has 7 nitrogen and oxygen atoms in total. The first-order chi connectivity index (χ1) is 12.5. The van der Waals surface area contributed by atoms with Gasteiger partial charge >= 0.3 is 5.63 Å². The fourth-order valence-electron chi connectivity index (χ4n) is 3.52. The molecule has 1 N–H and O–H groups in total. The minimum Gasteiger partial charge on any atom is -0.491 e. The van der Waals surface area contributed by atoms with Crippen LogP contribution in [0.1, 0.15) is 24.2 Å². The van der Waals surface area contributed by atoms with Gasteiger partial charge in [0.2, 0.25) is 0 Å². The smallest absolute Gasteiger partial charge is 0.349 e. The molecule has 1 aromatic carbocycles. The number of ether oxygens (including phenoxy) is 2. The lowest BCUT2D eigenvalue weighted by atomic mass is 10.1. The Bertz CT molecular complexity index is 877. The lowest BCUT2D eigenvalue weighted by Crippen LogP contribution is -2.47. The van der Waals surface area contributed by atoms with E-state index in [0.717, 1.165) is 6.54 Å². The highest BCUT2D eigenvalue weighted by atomic mass is 16.5. The summed E-state index contributed by atoms with van der Waals surface area (Å²) in [6, 6.07) is 6.99. The second kappa shape index (κ2) is 6.74. The number of nitrogens with one attached hydrogen (secondary N) is 1. The molecule has 0 unspecified atom stereocenters. The number of hydrogen-bond acceptors (Lipinski definition) is 6. The van der Waals surface area contributed by atoms with Gasteiger partial charge in [0, 0.05) is 31.1 Å². The summed E-state index contributed by atoms with van der Waals surface area (Å²) in [4.78, 5) is 26.9. The maximum absolute atomic E-state index is 12.8. The minimum absolute atomic E-state index is 0.0177. The van der Waals surface area contributed by atoms with Crippen molar-refractivity contribution in [3.8, 4) is 5.75 Å². The minimum atomic E-state index is -0.632. The van der Waals surface area contributed by atoms with E-state index in [2.05, 4.69) is 5.32 Å². The first-order valence-electron chi connectivity index (χ1n) is 8.90. The number of carbonyl (C=O) groups excluding carboxylic acids is 1. The first kappa shape index (κ1) is 17.1.